The second-order valence-electron chi connectivity index (χ2n) is 7.69. The van der Waals surface area contributed by atoms with Crippen LogP contribution in [0.2, 0.25) is 0 Å². The largest absolute Gasteiger partial charge is 0.454 e. The van der Waals surface area contributed by atoms with Crippen LogP contribution in [0.5, 0.6) is 11.5 Å². The molecule has 176 valence electrons. The van der Waals surface area contributed by atoms with Gasteiger partial charge in [0.1, 0.15) is 6.23 Å². The predicted octanol–water partition coefficient (Wildman–Crippen LogP) is 0.893. The highest BCUT2D eigenvalue weighted by atomic mass is 32.2. The fourth-order valence-corrected chi connectivity index (χ4v) is 5.09. The average molecular weight is 476 g/mol. The Balaban J connectivity index is 1.33. The van der Waals surface area contributed by atoms with Gasteiger partial charge in [0.2, 0.25) is 16.8 Å². The van der Waals surface area contributed by atoms with E-state index in [1.165, 1.54) is 4.31 Å². The number of benzene rings is 2. The highest BCUT2D eigenvalue weighted by Crippen LogP contribution is 2.32. The third-order valence-corrected chi connectivity index (χ3v) is 7.22. The van der Waals surface area contributed by atoms with Crippen LogP contribution in [-0.4, -0.2) is 57.3 Å². The molecule has 0 radical (unpaired) electrons. The number of rotatable bonds is 6. The maximum atomic E-state index is 13.1. The molecule has 1 fully saturated rings. The summed E-state index contributed by atoms with van der Waals surface area (Å²) in [5.74, 6) is -0.509. The molecule has 1 saturated heterocycles. The molecule has 2 aromatic rings. The molecule has 0 aromatic heterocycles. The standard InChI is InChI=1S/C22H25N3O7S/c1-15-3-6-17(7-4-15)33(28,29)25-9-2-10-30-20(25)13-24-22(27)21(26)23-12-16-5-8-18-19(11-16)32-14-31-18/h3-8,11,20H,2,9-10,12-14H2,1H3,(H,23,26)(H,24,27)/t20-/m0/s1. The number of aryl methyl sites for hydroxylation is 1. The molecule has 0 unspecified atom stereocenters. The highest BCUT2D eigenvalue weighted by molar-refractivity contribution is 7.89. The zero-order valence-corrected chi connectivity index (χ0v) is 18.9. The minimum absolute atomic E-state index is 0.122. The first-order chi connectivity index (χ1) is 15.8. The van der Waals surface area contributed by atoms with Crippen LogP contribution in [0.4, 0.5) is 0 Å². The maximum Gasteiger partial charge on any atom is 0.309 e. The van der Waals surface area contributed by atoms with Crippen LogP contribution in [-0.2, 0) is 30.9 Å². The van der Waals surface area contributed by atoms with E-state index in [0.29, 0.717) is 24.5 Å². The molecule has 2 aliphatic rings. The van der Waals surface area contributed by atoms with E-state index in [1.807, 2.05) is 6.92 Å². The molecule has 4 rings (SSSR count). The molecule has 0 spiro atoms. The summed E-state index contributed by atoms with van der Waals surface area (Å²) in [7, 11) is -3.81. The average Bonchev–Trinajstić information content (AvgIpc) is 3.29. The van der Waals surface area contributed by atoms with Crippen molar-refractivity contribution in [1.82, 2.24) is 14.9 Å². The van der Waals surface area contributed by atoms with E-state index < -0.39 is 28.1 Å². The third-order valence-electron chi connectivity index (χ3n) is 5.32. The van der Waals surface area contributed by atoms with Crippen molar-refractivity contribution in [3.8, 4) is 11.5 Å². The molecule has 0 saturated carbocycles. The second-order valence-corrected chi connectivity index (χ2v) is 9.58. The van der Waals surface area contributed by atoms with Gasteiger partial charge in [-0.2, -0.15) is 4.31 Å². The minimum Gasteiger partial charge on any atom is -0.454 e. The van der Waals surface area contributed by atoms with Crippen LogP contribution < -0.4 is 20.1 Å². The number of hydrogen-bond acceptors (Lipinski definition) is 7. The molecule has 10 nitrogen and oxygen atoms in total. The van der Waals surface area contributed by atoms with Gasteiger partial charge >= 0.3 is 11.8 Å². The van der Waals surface area contributed by atoms with E-state index in [-0.39, 0.29) is 31.3 Å². The van der Waals surface area contributed by atoms with Crippen molar-refractivity contribution in [2.45, 2.75) is 31.0 Å². The first-order valence-corrected chi connectivity index (χ1v) is 11.9. The number of hydrogen-bond donors (Lipinski definition) is 2. The van der Waals surface area contributed by atoms with E-state index in [1.54, 1.807) is 42.5 Å². The zero-order chi connectivity index (χ0) is 23.4. The van der Waals surface area contributed by atoms with E-state index in [4.69, 9.17) is 14.2 Å². The Morgan fingerprint density at radius 1 is 1.03 bits per heavy atom. The van der Waals surface area contributed by atoms with E-state index in [2.05, 4.69) is 10.6 Å². The van der Waals surface area contributed by atoms with E-state index in [9.17, 15) is 18.0 Å². The molecule has 2 amide bonds. The van der Waals surface area contributed by atoms with Crippen LogP contribution in [0.1, 0.15) is 17.5 Å². The monoisotopic (exact) mass is 475 g/mol. The Hall–Kier alpha value is -3.15. The van der Waals surface area contributed by atoms with Crippen molar-refractivity contribution < 1.29 is 32.2 Å². The van der Waals surface area contributed by atoms with Gasteiger partial charge in [0, 0.05) is 13.1 Å². The Bertz CT molecular complexity index is 1140. The molecule has 2 aliphatic heterocycles. The van der Waals surface area contributed by atoms with Crippen LogP contribution in [0.15, 0.2) is 47.4 Å². The summed E-state index contributed by atoms with van der Waals surface area (Å²) in [4.78, 5) is 24.6. The molecule has 2 aromatic carbocycles. The number of sulfonamides is 1. The fraction of sp³-hybridized carbons (Fsp3) is 0.364. The van der Waals surface area contributed by atoms with Gasteiger partial charge in [-0.15, -0.1) is 0 Å². The molecular weight excluding hydrogens is 450 g/mol. The van der Waals surface area contributed by atoms with Crippen LogP contribution in [0.3, 0.4) is 0 Å². The van der Waals surface area contributed by atoms with Gasteiger partial charge in [0.05, 0.1) is 18.0 Å². The van der Waals surface area contributed by atoms with Gasteiger partial charge in [-0.3, -0.25) is 9.59 Å². The lowest BCUT2D eigenvalue weighted by molar-refractivity contribution is -0.140. The number of fused-ring (bicyclic) bond motifs is 1. The Labute approximate surface area is 191 Å². The Kier molecular flexibility index (Phi) is 6.82. The summed E-state index contributed by atoms with van der Waals surface area (Å²) >= 11 is 0. The fourth-order valence-electron chi connectivity index (χ4n) is 3.52. The number of amides is 2. The lowest BCUT2D eigenvalue weighted by atomic mass is 10.2. The number of nitrogens with zero attached hydrogens (tertiary/aromatic N) is 1. The minimum atomic E-state index is -3.81. The number of carbonyl (C=O) groups excluding carboxylic acids is 2. The summed E-state index contributed by atoms with van der Waals surface area (Å²) < 4.78 is 43.5. The molecular formula is C22H25N3O7S. The normalized spacial score (nSPS) is 18.0. The van der Waals surface area contributed by atoms with Crippen molar-refractivity contribution >= 4 is 21.8 Å². The molecule has 33 heavy (non-hydrogen) atoms. The van der Waals surface area contributed by atoms with E-state index in [0.717, 1.165) is 11.1 Å². The van der Waals surface area contributed by atoms with Crippen molar-refractivity contribution in [2.75, 3.05) is 26.5 Å². The topological polar surface area (TPSA) is 123 Å². The summed E-state index contributed by atoms with van der Waals surface area (Å²) in [5, 5.41) is 5.00. The molecule has 2 heterocycles. The van der Waals surface area contributed by atoms with Gasteiger partial charge in [-0.1, -0.05) is 23.8 Å². The van der Waals surface area contributed by atoms with Crippen LogP contribution >= 0.6 is 0 Å². The SMILES string of the molecule is Cc1ccc(S(=O)(=O)N2CCCO[C@H]2CNC(=O)C(=O)NCc2ccc3c(c2)OCO3)cc1. The van der Waals surface area contributed by atoms with Gasteiger partial charge in [-0.25, -0.2) is 8.42 Å². The molecule has 2 N–H and O–H groups in total. The Morgan fingerprint density at radius 2 is 1.76 bits per heavy atom. The van der Waals surface area contributed by atoms with Crippen molar-refractivity contribution in [3.05, 3.63) is 53.6 Å². The van der Waals surface area contributed by atoms with Crippen molar-refractivity contribution in [1.29, 1.82) is 0 Å². The highest BCUT2D eigenvalue weighted by Gasteiger charge is 2.34. The van der Waals surface area contributed by atoms with Crippen LogP contribution in [0, 0.1) is 6.92 Å². The number of carbonyl (C=O) groups is 2. The molecule has 0 aliphatic carbocycles. The van der Waals surface area contributed by atoms with Crippen molar-refractivity contribution in [3.63, 3.8) is 0 Å². The third kappa shape index (κ3) is 5.27. The van der Waals surface area contributed by atoms with Gasteiger partial charge in [0.25, 0.3) is 0 Å². The zero-order valence-electron chi connectivity index (χ0n) is 18.1. The first kappa shape index (κ1) is 23.0. The predicted molar refractivity (Wildman–Crippen MR) is 117 cm³/mol. The summed E-state index contributed by atoms with van der Waals surface area (Å²) in [6, 6.07) is 11.7. The lowest BCUT2D eigenvalue weighted by Gasteiger charge is -2.34. The molecule has 0 bridgehead atoms. The lowest BCUT2D eigenvalue weighted by Crippen LogP contribution is -2.53. The van der Waals surface area contributed by atoms with E-state index >= 15 is 0 Å². The summed E-state index contributed by atoms with van der Waals surface area (Å²) in [6.45, 7) is 2.60. The van der Waals surface area contributed by atoms with Gasteiger partial charge in [0.15, 0.2) is 11.5 Å². The smallest absolute Gasteiger partial charge is 0.309 e. The number of nitrogens with one attached hydrogen (secondary N) is 2. The van der Waals surface area contributed by atoms with Crippen LogP contribution in [0.25, 0.3) is 0 Å². The first-order valence-electron chi connectivity index (χ1n) is 10.5. The summed E-state index contributed by atoms with van der Waals surface area (Å²) in [5.41, 5.74) is 1.69. The molecule has 11 heteroatoms. The second kappa shape index (κ2) is 9.77. The van der Waals surface area contributed by atoms with Gasteiger partial charge < -0.3 is 24.8 Å². The maximum absolute atomic E-state index is 13.1. The van der Waals surface area contributed by atoms with Gasteiger partial charge in [-0.05, 0) is 43.2 Å². The number of ether oxygens (including phenoxy) is 3. The summed E-state index contributed by atoms with van der Waals surface area (Å²) in [6.07, 6.45) is -0.374. The van der Waals surface area contributed by atoms with Crippen molar-refractivity contribution in [2.24, 2.45) is 0 Å². The Morgan fingerprint density at radius 3 is 2.55 bits per heavy atom. The molecule has 1 atom stereocenters. The quantitative estimate of drug-likeness (QED) is 0.595.